The minimum Gasteiger partial charge on any atom is -0.331 e. The van der Waals surface area contributed by atoms with Gasteiger partial charge in [-0.05, 0) is 30.0 Å². The molecule has 112 valence electrons. The normalized spacial score (nSPS) is 20.7. The molecule has 0 aliphatic carbocycles. The van der Waals surface area contributed by atoms with Gasteiger partial charge in [-0.1, -0.05) is 28.1 Å². The summed E-state index contributed by atoms with van der Waals surface area (Å²) in [5, 5.41) is 0. The summed E-state index contributed by atoms with van der Waals surface area (Å²) in [6.07, 6.45) is 5.24. The molecule has 1 saturated heterocycles. The Labute approximate surface area is 133 Å². The van der Waals surface area contributed by atoms with E-state index >= 15 is 0 Å². The van der Waals surface area contributed by atoms with E-state index in [4.69, 9.17) is 0 Å². The Balaban J connectivity index is 1.72. The first-order valence-electron chi connectivity index (χ1n) is 6.97. The number of nitrogens with zero attached hydrogens (tertiary/aromatic N) is 2. The largest absolute Gasteiger partial charge is 0.331 e. The number of halogens is 1. The zero-order chi connectivity index (χ0) is 14.9. The monoisotopic (exact) mass is 368 g/mol. The van der Waals surface area contributed by atoms with Gasteiger partial charge in [0, 0.05) is 29.8 Å². The molecule has 1 aliphatic heterocycles. The number of benzene rings is 1. The number of hydrogen-bond acceptors (Lipinski definition) is 3. The minimum atomic E-state index is -2.82. The van der Waals surface area contributed by atoms with Gasteiger partial charge in [0.25, 0.3) is 0 Å². The third kappa shape index (κ3) is 3.74. The highest BCUT2D eigenvalue weighted by molar-refractivity contribution is 9.10. The second kappa shape index (κ2) is 5.93. The van der Waals surface area contributed by atoms with Crippen LogP contribution in [-0.4, -0.2) is 29.5 Å². The molecule has 0 amide bonds. The molecule has 1 unspecified atom stereocenters. The van der Waals surface area contributed by atoms with Crippen molar-refractivity contribution in [2.75, 3.05) is 11.5 Å². The maximum absolute atomic E-state index is 11.6. The van der Waals surface area contributed by atoms with Gasteiger partial charge in [0.1, 0.15) is 5.82 Å². The van der Waals surface area contributed by atoms with Gasteiger partial charge in [0.2, 0.25) is 0 Å². The highest BCUT2D eigenvalue weighted by atomic mass is 79.9. The first kappa shape index (κ1) is 14.8. The molecule has 0 spiro atoms. The lowest BCUT2D eigenvalue weighted by Crippen LogP contribution is -2.12. The van der Waals surface area contributed by atoms with E-state index in [9.17, 15) is 8.42 Å². The Morgan fingerprint density at radius 3 is 2.95 bits per heavy atom. The highest BCUT2D eigenvalue weighted by Crippen LogP contribution is 2.22. The summed E-state index contributed by atoms with van der Waals surface area (Å²) in [5.74, 6) is 1.80. The SMILES string of the molecule is O=S1(=O)CCC(Cc2nccn2Cc2cccc(Br)c2)C1. The molecule has 0 N–H and O–H groups in total. The van der Waals surface area contributed by atoms with E-state index in [0.717, 1.165) is 29.7 Å². The highest BCUT2D eigenvalue weighted by Gasteiger charge is 2.28. The number of rotatable bonds is 4. The van der Waals surface area contributed by atoms with Crippen LogP contribution in [0, 0.1) is 5.92 Å². The van der Waals surface area contributed by atoms with Crippen LogP contribution in [0.5, 0.6) is 0 Å². The van der Waals surface area contributed by atoms with Gasteiger partial charge in [0.15, 0.2) is 9.84 Å². The van der Waals surface area contributed by atoms with Crippen LogP contribution in [0.15, 0.2) is 41.1 Å². The lowest BCUT2D eigenvalue weighted by Gasteiger charge is -2.11. The van der Waals surface area contributed by atoms with Gasteiger partial charge in [-0.3, -0.25) is 0 Å². The molecular formula is C15H17BrN2O2S. The fourth-order valence-corrected chi connectivity index (χ4v) is 5.11. The molecule has 2 heterocycles. The second-order valence-electron chi connectivity index (χ2n) is 5.57. The molecule has 6 heteroatoms. The van der Waals surface area contributed by atoms with E-state index in [0.29, 0.717) is 11.5 Å². The molecule has 21 heavy (non-hydrogen) atoms. The lowest BCUT2D eigenvalue weighted by atomic mass is 10.0. The fraction of sp³-hybridized carbons (Fsp3) is 0.400. The Morgan fingerprint density at radius 2 is 2.24 bits per heavy atom. The number of aromatic nitrogens is 2. The summed E-state index contributed by atoms with van der Waals surface area (Å²) in [6, 6.07) is 8.18. The quantitative estimate of drug-likeness (QED) is 0.833. The van der Waals surface area contributed by atoms with Crippen molar-refractivity contribution in [3.63, 3.8) is 0 Å². The van der Waals surface area contributed by atoms with E-state index in [1.807, 2.05) is 18.3 Å². The van der Waals surface area contributed by atoms with Gasteiger partial charge < -0.3 is 4.57 Å². The standard InChI is InChI=1S/C15H17BrN2O2S/c16-14-3-1-2-12(8-14)10-18-6-5-17-15(18)9-13-4-7-21(19,20)11-13/h1-3,5-6,8,13H,4,7,9-11H2. The third-order valence-corrected chi connectivity index (χ3v) is 6.17. The molecule has 4 nitrogen and oxygen atoms in total. The van der Waals surface area contributed by atoms with Crippen molar-refractivity contribution in [3.8, 4) is 0 Å². The summed E-state index contributed by atoms with van der Waals surface area (Å²) in [4.78, 5) is 4.40. The van der Waals surface area contributed by atoms with Crippen molar-refractivity contribution in [2.24, 2.45) is 5.92 Å². The van der Waals surface area contributed by atoms with Crippen molar-refractivity contribution in [1.29, 1.82) is 0 Å². The molecule has 1 fully saturated rings. The average Bonchev–Trinajstić information content (AvgIpc) is 2.97. The molecule has 1 aliphatic rings. The molecule has 1 aromatic heterocycles. The smallest absolute Gasteiger partial charge is 0.150 e. The van der Waals surface area contributed by atoms with Crippen LogP contribution in [0.25, 0.3) is 0 Å². The maximum Gasteiger partial charge on any atom is 0.150 e. The van der Waals surface area contributed by atoms with Crippen molar-refractivity contribution in [3.05, 3.63) is 52.5 Å². The predicted molar refractivity (Wildman–Crippen MR) is 85.9 cm³/mol. The van der Waals surface area contributed by atoms with Crippen LogP contribution in [0.4, 0.5) is 0 Å². The molecule has 2 aromatic rings. The van der Waals surface area contributed by atoms with E-state index in [1.54, 1.807) is 6.20 Å². The molecule has 3 rings (SSSR count). The zero-order valence-corrected chi connectivity index (χ0v) is 14.0. The van der Waals surface area contributed by atoms with Gasteiger partial charge >= 0.3 is 0 Å². The van der Waals surface area contributed by atoms with Crippen molar-refractivity contribution >= 4 is 25.8 Å². The van der Waals surface area contributed by atoms with Crippen LogP contribution >= 0.6 is 15.9 Å². The molecule has 0 saturated carbocycles. The van der Waals surface area contributed by atoms with Crippen molar-refractivity contribution < 1.29 is 8.42 Å². The maximum atomic E-state index is 11.6. The van der Waals surface area contributed by atoms with Crippen LogP contribution in [0.3, 0.4) is 0 Å². The van der Waals surface area contributed by atoms with E-state index in [2.05, 4.69) is 37.6 Å². The summed E-state index contributed by atoms with van der Waals surface area (Å²) in [5.41, 5.74) is 1.20. The summed E-state index contributed by atoms with van der Waals surface area (Å²) in [6.45, 7) is 0.758. The molecule has 1 atom stereocenters. The first-order chi connectivity index (χ1) is 10.0. The van der Waals surface area contributed by atoms with Crippen molar-refractivity contribution in [2.45, 2.75) is 19.4 Å². The number of imidazole rings is 1. The van der Waals surface area contributed by atoms with E-state index in [1.165, 1.54) is 5.56 Å². The minimum absolute atomic E-state index is 0.207. The topological polar surface area (TPSA) is 52.0 Å². The Hall–Kier alpha value is -1.14. The predicted octanol–water partition coefficient (Wildman–Crippen LogP) is 2.67. The summed E-state index contributed by atoms with van der Waals surface area (Å²) < 4.78 is 26.3. The van der Waals surface area contributed by atoms with E-state index < -0.39 is 9.84 Å². The molecule has 0 bridgehead atoms. The van der Waals surface area contributed by atoms with Gasteiger partial charge in [-0.15, -0.1) is 0 Å². The van der Waals surface area contributed by atoms with Crippen LogP contribution < -0.4 is 0 Å². The fourth-order valence-electron chi connectivity index (χ4n) is 2.80. The van der Waals surface area contributed by atoms with Crippen LogP contribution in [-0.2, 0) is 22.8 Å². The van der Waals surface area contributed by atoms with Crippen molar-refractivity contribution in [1.82, 2.24) is 9.55 Å². The number of hydrogen-bond donors (Lipinski definition) is 0. The Morgan fingerprint density at radius 1 is 1.38 bits per heavy atom. The summed E-state index contributed by atoms with van der Waals surface area (Å²) >= 11 is 3.48. The van der Waals surface area contributed by atoms with Gasteiger partial charge in [0.05, 0.1) is 11.5 Å². The van der Waals surface area contributed by atoms with Crippen LogP contribution in [0.1, 0.15) is 17.8 Å². The van der Waals surface area contributed by atoms with Gasteiger partial charge in [-0.25, -0.2) is 13.4 Å². The Bertz CT molecular complexity index is 740. The average molecular weight is 369 g/mol. The van der Waals surface area contributed by atoms with E-state index in [-0.39, 0.29) is 5.92 Å². The second-order valence-corrected chi connectivity index (χ2v) is 8.72. The third-order valence-electron chi connectivity index (χ3n) is 3.84. The van der Waals surface area contributed by atoms with Gasteiger partial charge in [-0.2, -0.15) is 0 Å². The zero-order valence-electron chi connectivity index (χ0n) is 11.6. The Kier molecular flexibility index (Phi) is 4.17. The molecule has 1 aromatic carbocycles. The lowest BCUT2D eigenvalue weighted by molar-refractivity contribution is 0.551. The summed E-state index contributed by atoms with van der Waals surface area (Å²) in [7, 11) is -2.82. The molecular weight excluding hydrogens is 352 g/mol. The molecule has 0 radical (unpaired) electrons. The van der Waals surface area contributed by atoms with Crippen LogP contribution in [0.2, 0.25) is 0 Å². The first-order valence-corrected chi connectivity index (χ1v) is 9.58. The number of sulfone groups is 1.